The monoisotopic (exact) mass is 421 g/mol. The molecule has 2 heterocycles. The van der Waals surface area contributed by atoms with Crippen LogP contribution in [0.25, 0.3) is 0 Å². The van der Waals surface area contributed by atoms with E-state index in [1.165, 1.54) is 6.07 Å². The lowest BCUT2D eigenvalue weighted by Crippen LogP contribution is -2.46. The van der Waals surface area contributed by atoms with E-state index in [4.69, 9.17) is 0 Å². The molecular formula is C18H26F3N3O3S. The van der Waals surface area contributed by atoms with Crippen molar-refractivity contribution >= 4 is 21.6 Å². The number of nitrogens with one attached hydrogen (secondary N) is 1. The molecule has 2 rings (SSSR count). The highest BCUT2D eigenvalue weighted by molar-refractivity contribution is 7.92. The number of hydrogen-bond acceptors (Lipinski definition) is 5. The van der Waals surface area contributed by atoms with Crippen molar-refractivity contribution in [3.05, 3.63) is 23.9 Å². The third-order valence-corrected chi connectivity index (χ3v) is 6.28. The van der Waals surface area contributed by atoms with E-state index in [9.17, 15) is 26.4 Å². The third-order valence-electron chi connectivity index (χ3n) is 4.67. The summed E-state index contributed by atoms with van der Waals surface area (Å²) in [7, 11) is -3.40. The Hall–Kier alpha value is -1.84. The van der Waals surface area contributed by atoms with Crippen LogP contribution in [0.3, 0.4) is 0 Å². The maximum absolute atomic E-state index is 12.6. The van der Waals surface area contributed by atoms with Crippen molar-refractivity contribution in [3.8, 4) is 0 Å². The van der Waals surface area contributed by atoms with Gasteiger partial charge < -0.3 is 10.2 Å². The number of nitrogens with zero attached hydrogens (tertiary/aromatic N) is 2. The molecule has 6 nitrogen and oxygen atoms in total. The smallest absolute Gasteiger partial charge is 0.356 e. The number of amides is 1. The fraction of sp³-hybridized carbons (Fsp3) is 0.667. The van der Waals surface area contributed by atoms with Gasteiger partial charge in [-0.2, -0.15) is 13.2 Å². The maximum Gasteiger partial charge on any atom is 0.417 e. The average molecular weight is 421 g/mol. The predicted molar refractivity (Wildman–Crippen MR) is 101 cm³/mol. The van der Waals surface area contributed by atoms with Crippen molar-refractivity contribution in [1.82, 2.24) is 10.3 Å². The van der Waals surface area contributed by atoms with Gasteiger partial charge in [-0.05, 0) is 31.4 Å². The Morgan fingerprint density at radius 1 is 1.25 bits per heavy atom. The van der Waals surface area contributed by atoms with E-state index in [1.807, 2.05) is 11.8 Å². The van der Waals surface area contributed by atoms with Crippen LogP contribution in [-0.2, 0) is 20.8 Å². The fourth-order valence-electron chi connectivity index (χ4n) is 3.11. The molecule has 0 spiro atoms. The zero-order chi connectivity index (χ0) is 20.8. The summed E-state index contributed by atoms with van der Waals surface area (Å²) in [6.45, 7) is 3.02. The van der Waals surface area contributed by atoms with E-state index in [-0.39, 0.29) is 11.8 Å². The van der Waals surface area contributed by atoms with Gasteiger partial charge in [0.15, 0.2) is 9.84 Å². The summed E-state index contributed by atoms with van der Waals surface area (Å²) in [6.07, 6.45) is -0.170. The van der Waals surface area contributed by atoms with Crippen molar-refractivity contribution in [2.75, 3.05) is 29.5 Å². The van der Waals surface area contributed by atoms with Crippen LogP contribution in [0.4, 0.5) is 19.0 Å². The molecule has 1 aromatic heterocycles. The molecule has 1 amide bonds. The molecule has 1 saturated heterocycles. The van der Waals surface area contributed by atoms with Crippen LogP contribution >= 0.6 is 0 Å². The van der Waals surface area contributed by atoms with Gasteiger partial charge in [-0.1, -0.05) is 19.8 Å². The fourth-order valence-corrected chi connectivity index (χ4v) is 4.38. The molecular weight excluding hydrogens is 395 g/mol. The van der Waals surface area contributed by atoms with Crippen molar-refractivity contribution in [3.63, 3.8) is 0 Å². The van der Waals surface area contributed by atoms with Gasteiger partial charge in [0.2, 0.25) is 5.91 Å². The van der Waals surface area contributed by atoms with E-state index in [1.54, 1.807) is 0 Å². The van der Waals surface area contributed by atoms with Crippen LogP contribution in [0.15, 0.2) is 18.3 Å². The quantitative estimate of drug-likeness (QED) is 0.653. The second kappa shape index (κ2) is 9.58. The summed E-state index contributed by atoms with van der Waals surface area (Å²) in [6, 6.07) is 2.19. The Kier molecular flexibility index (Phi) is 7.68. The molecule has 0 aliphatic carbocycles. The van der Waals surface area contributed by atoms with Crippen LogP contribution in [0.1, 0.15) is 44.6 Å². The number of piperidine rings is 1. The Morgan fingerprint density at radius 2 is 1.93 bits per heavy atom. The Bertz CT molecular complexity index is 744. The predicted octanol–water partition coefficient (Wildman–Crippen LogP) is 2.79. The Morgan fingerprint density at radius 3 is 2.46 bits per heavy atom. The number of alkyl halides is 3. The topological polar surface area (TPSA) is 79.4 Å². The molecule has 10 heteroatoms. The number of halogens is 3. The molecule has 0 saturated carbocycles. The average Bonchev–Trinajstić information content (AvgIpc) is 2.61. The third kappa shape index (κ3) is 6.96. The number of carbonyl (C=O) groups is 1. The highest BCUT2D eigenvalue weighted by Crippen LogP contribution is 2.29. The zero-order valence-corrected chi connectivity index (χ0v) is 16.7. The van der Waals surface area contributed by atoms with E-state index in [2.05, 4.69) is 10.3 Å². The first-order chi connectivity index (χ1) is 13.1. The second-order valence-corrected chi connectivity index (χ2v) is 9.21. The number of carbonyl (C=O) groups excluding carboxylic acids is 1. The minimum absolute atomic E-state index is 0.0201. The van der Waals surface area contributed by atoms with Gasteiger partial charge in [0.1, 0.15) is 11.6 Å². The molecule has 0 radical (unpaired) electrons. The lowest BCUT2D eigenvalue weighted by atomic mass is 10.0. The largest absolute Gasteiger partial charge is 0.417 e. The summed E-state index contributed by atoms with van der Waals surface area (Å²) in [5.41, 5.74) is -0.793. The molecule has 0 bridgehead atoms. The van der Waals surface area contributed by atoms with Gasteiger partial charge in [-0.15, -0.1) is 0 Å². The summed E-state index contributed by atoms with van der Waals surface area (Å²) < 4.78 is 61.7. The molecule has 28 heavy (non-hydrogen) atoms. The summed E-state index contributed by atoms with van der Waals surface area (Å²) in [5, 5.41) is 2.75. The number of anilines is 1. The molecule has 158 valence electrons. The molecule has 1 aliphatic heterocycles. The Balaban J connectivity index is 1.79. The molecule has 1 aromatic rings. The first-order valence-corrected chi connectivity index (χ1v) is 11.2. The number of aromatic nitrogens is 1. The maximum atomic E-state index is 12.6. The number of unbranched alkanes of at least 4 members (excludes halogenated alkanes) is 2. The van der Waals surface area contributed by atoms with Crippen molar-refractivity contribution in [2.45, 2.75) is 51.2 Å². The number of pyridine rings is 1. The normalized spacial score (nSPS) is 16.2. The molecule has 1 fully saturated rings. The highest BCUT2D eigenvalue weighted by atomic mass is 32.2. The first-order valence-electron chi connectivity index (χ1n) is 9.38. The van der Waals surface area contributed by atoms with Crippen molar-refractivity contribution in [1.29, 1.82) is 0 Å². The van der Waals surface area contributed by atoms with Gasteiger partial charge in [0.25, 0.3) is 0 Å². The lowest BCUT2D eigenvalue weighted by molar-refractivity contribution is -0.137. The van der Waals surface area contributed by atoms with Crippen LogP contribution in [0, 0.1) is 0 Å². The van der Waals surface area contributed by atoms with Crippen LogP contribution in [0.5, 0.6) is 0 Å². The van der Waals surface area contributed by atoms with Gasteiger partial charge in [0, 0.05) is 25.3 Å². The summed E-state index contributed by atoms with van der Waals surface area (Å²) in [5.74, 6) is -0.525. The van der Waals surface area contributed by atoms with E-state index in [0.717, 1.165) is 25.1 Å². The van der Waals surface area contributed by atoms with Gasteiger partial charge in [0.05, 0.1) is 11.3 Å². The SMILES string of the molecule is CCCCCS(=O)(=O)CC(=O)NC1CCN(c2ccc(C(F)(F)F)cn2)CC1. The standard InChI is InChI=1S/C18H26F3N3O3S/c1-2-3-4-11-28(26,27)13-17(25)23-15-7-9-24(10-8-15)16-6-5-14(12-22-16)18(19,20)21/h5-6,12,15H,2-4,7-11,13H2,1H3,(H,23,25). The molecule has 0 aromatic carbocycles. The number of sulfone groups is 1. The van der Waals surface area contributed by atoms with Crippen molar-refractivity contribution < 1.29 is 26.4 Å². The second-order valence-electron chi connectivity index (χ2n) is 7.03. The lowest BCUT2D eigenvalue weighted by Gasteiger charge is -2.33. The van der Waals surface area contributed by atoms with Crippen LogP contribution < -0.4 is 10.2 Å². The number of rotatable bonds is 8. The van der Waals surface area contributed by atoms with Crippen molar-refractivity contribution in [2.24, 2.45) is 0 Å². The van der Waals surface area contributed by atoms with Crippen LogP contribution in [-0.4, -0.2) is 49.9 Å². The molecule has 0 unspecified atom stereocenters. The highest BCUT2D eigenvalue weighted by Gasteiger charge is 2.31. The van der Waals surface area contributed by atoms with E-state index >= 15 is 0 Å². The van der Waals surface area contributed by atoms with Gasteiger partial charge >= 0.3 is 6.18 Å². The van der Waals surface area contributed by atoms with Gasteiger partial charge in [-0.3, -0.25) is 4.79 Å². The summed E-state index contributed by atoms with van der Waals surface area (Å²) >= 11 is 0. The minimum atomic E-state index is -4.42. The molecule has 1 aliphatic rings. The van der Waals surface area contributed by atoms with E-state index < -0.39 is 33.2 Å². The summed E-state index contributed by atoms with van der Waals surface area (Å²) in [4.78, 5) is 17.7. The zero-order valence-electron chi connectivity index (χ0n) is 15.8. The van der Waals surface area contributed by atoms with E-state index in [0.29, 0.717) is 38.2 Å². The van der Waals surface area contributed by atoms with Crippen LogP contribution in [0.2, 0.25) is 0 Å². The van der Waals surface area contributed by atoms with Gasteiger partial charge in [-0.25, -0.2) is 13.4 Å². The molecule has 0 atom stereocenters. The first kappa shape index (κ1) is 22.4. The molecule has 1 N–H and O–H groups in total. The Labute approximate surface area is 163 Å². The minimum Gasteiger partial charge on any atom is -0.356 e. The number of hydrogen-bond donors (Lipinski definition) is 1.